The number of urea groups is 1. The predicted octanol–water partition coefficient (Wildman–Crippen LogP) is 1.56. The molecule has 2 amide bonds. The van der Waals surface area contributed by atoms with E-state index in [0.29, 0.717) is 57.7 Å². The summed E-state index contributed by atoms with van der Waals surface area (Å²) in [6.45, 7) is 3.87. The van der Waals surface area contributed by atoms with E-state index in [1.165, 1.54) is 0 Å². The van der Waals surface area contributed by atoms with Crippen LogP contribution in [-0.4, -0.2) is 72.0 Å². The number of nitrogens with zero attached hydrogens (tertiary/aromatic N) is 4. The molecule has 0 saturated carbocycles. The third-order valence-corrected chi connectivity index (χ3v) is 4.37. The Hall–Kier alpha value is -2.45. The molecule has 1 atom stereocenters. The number of hydrogen-bond acceptors (Lipinski definition) is 6. The van der Waals surface area contributed by atoms with Gasteiger partial charge < -0.3 is 23.8 Å². The Kier molecular flexibility index (Phi) is 4.62. The third kappa shape index (κ3) is 3.49. The molecule has 2 aliphatic rings. The largest absolute Gasteiger partial charge is 0.378 e. The first-order chi connectivity index (χ1) is 12.3. The number of carbonyl (C=O) groups excluding carboxylic acids is 1. The molecule has 2 saturated heterocycles. The fraction of sp³-hybridized carbons (Fsp3) is 0.471. The van der Waals surface area contributed by atoms with Gasteiger partial charge in [-0.25, -0.2) is 4.79 Å². The number of hydrogen-bond donors (Lipinski definition) is 0. The predicted molar refractivity (Wildman–Crippen MR) is 87.8 cm³/mol. The summed E-state index contributed by atoms with van der Waals surface area (Å²) in [7, 11) is 0. The van der Waals surface area contributed by atoms with Crippen molar-refractivity contribution in [2.45, 2.75) is 6.10 Å². The van der Waals surface area contributed by atoms with Gasteiger partial charge in [-0.1, -0.05) is 23.4 Å². The van der Waals surface area contributed by atoms with Crippen LogP contribution >= 0.6 is 0 Å². The van der Waals surface area contributed by atoms with E-state index >= 15 is 0 Å². The fourth-order valence-corrected chi connectivity index (χ4v) is 3.00. The minimum Gasteiger partial charge on any atom is -0.378 e. The highest BCUT2D eigenvalue weighted by Gasteiger charge is 2.31. The Bertz CT molecular complexity index is 714. The smallest absolute Gasteiger partial charge is 0.320 e. The van der Waals surface area contributed by atoms with Gasteiger partial charge in [0.15, 0.2) is 0 Å². The van der Waals surface area contributed by atoms with Crippen LogP contribution in [-0.2, 0) is 9.47 Å². The molecule has 0 radical (unpaired) electrons. The summed E-state index contributed by atoms with van der Waals surface area (Å²) in [4.78, 5) is 20.7. The van der Waals surface area contributed by atoms with Crippen molar-refractivity contribution in [1.29, 1.82) is 0 Å². The molecule has 1 aromatic carbocycles. The highest BCUT2D eigenvalue weighted by atomic mass is 16.5. The molecule has 1 unspecified atom stereocenters. The topological polar surface area (TPSA) is 80.9 Å². The molecule has 8 nitrogen and oxygen atoms in total. The van der Waals surface area contributed by atoms with Crippen molar-refractivity contribution in [1.82, 2.24) is 19.9 Å². The lowest BCUT2D eigenvalue weighted by Gasteiger charge is -2.36. The first kappa shape index (κ1) is 16.0. The van der Waals surface area contributed by atoms with E-state index in [-0.39, 0.29) is 12.1 Å². The number of carbonyl (C=O) groups is 1. The molecule has 1 aromatic heterocycles. The van der Waals surface area contributed by atoms with Crippen molar-refractivity contribution in [2.75, 3.05) is 46.0 Å². The van der Waals surface area contributed by atoms with Gasteiger partial charge >= 0.3 is 6.03 Å². The minimum atomic E-state index is -0.375. The van der Waals surface area contributed by atoms with E-state index in [9.17, 15) is 4.79 Å². The second-order valence-electron chi connectivity index (χ2n) is 6.01. The Morgan fingerprint density at radius 2 is 1.80 bits per heavy atom. The van der Waals surface area contributed by atoms with E-state index in [2.05, 4.69) is 10.1 Å². The molecule has 8 heteroatoms. The quantitative estimate of drug-likeness (QED) is 0.822. The van der Waals surface area contributed by atoms with E-state index in [4.69, 9.17) is 14.0 Å². The van der Waals surface area contributed by atoms with Crippen LogP contribution < -0.4 is 0 Å². The average Bonchev–Trinajstić information content (AvgIpc) is 3.19. The van der Waals surface area contributed by atoms with Crippen LogP contribution in [0.5, 0.6) is 0 Å². The standard InChI is InChI=1S/C17H20N4O4/c22-17(20-6-9-23-10-7-20)21-8-11-24-14(12-21)15-18-16(25-19-15)13-4-2-1-3-5-13/h1-5,14H,6-12H2. The van der Waals surface area contributed by atoms with Gasteiger partial charge in [0.25, 0.3) is 5.89 Å². The zero-order chi connectivity index (χ0) is 17.1. The van der Waals surface area contributed by atoms with Crippen molar-refractivity contribution in [3.05, 3.63) is 36.2 Å². The van der Waals surface area contributed by atoms with Gasteiger partial charge in [0.1, 0.15) is 6.10 Å². The van der Waals surface area contributed by atoms with Gasteiger partial charge in [-0.05, 0) is 12.1 Å². The zero-order valence-corrected chi connectivity index (χ0v) is 13.8. The lowest BCUT2D eigenvalue weighted by Crippen LogP contribution is -2.52. The SMILES string of the molecule is O=C(N1CCOCC1)N1CCOC(c2noc(-c3ccccc3)n2)C1. The van der Waals surface area contributed by atoms with Crippen LogP contribution in [0.2, 0.25) is 0 Å². The van der Waals surface area contributed by atoms with Gasteiger partial charge in [-0.15, -0.1) is 0 Å². The van der Waals surface area contributed by atoms with Crippen LogP contribution in [0.3, 0.4) is 0 Å². The molecule has 25 heavy (non-hydrogen) atoms. The first-order valence-electron chi connectivity index (χ1n) is 8.43. The van der Waals surface area contributed by atoms with Crippen molar-refractivity contribution >= 4 is 6.03 Å². The van der Waals surface area contributed by atoms with Gasteiger partial charge in [-0.3, -0.25) is 0 Å². The normalized spacial score (nSPS) is 21.4. The summed E-state index contributed by atoms with van der Waals surface area (Å²) >= 11 is 0. The molecule has 0 aliphatic carbocycles. The van der Waals surface area contributed by atoms with Gasteiger partial charge in [-0.2, -0.15) is 4.98 Å². The first-order valence-corrected chi connectivity index (χ1v) is 8.43. The zero-order valence-electron chi connectivity index (χ0n) is 13.8. The number of morpholine rings is 2. The Labute approximate surface area is 145 Å². The summed E-state index contributed by atoms with van der Waals surface area (Å²) in [5, 5.41) is 4.04. The molecule has 2 fully saturated rings. The molecular formula is C17H20N4O4. The number of amides is 2. The summed E-state index contributed by atoms with van der Waals surface area (Å²) in [6, 6.07) is 9.60. The Morgan fingerprint density at radius 1 is 1.04 bits per heavy atom. The van der Waals surface area contributed by atoms with Crippen LogP contribution in [0.1, 0.15) is 11.9 Å². The molecule has 2 aliphatic heterocycles. The van der Waals surface area contributed by atoms with Gasteiger partial charge in [0.05, 0.1) is 26.4 Å². The molecule has 3 heterocycles. The number of aromatic nitrogens is 2. The summed E-state index contributed by atoms with van der Waals surface area (Å²) < 4.78 is 16.4. The molecular weight excluding hydrogens is 324 g/mol. The summed E-state index contributed by atoms with van der Waals surface area (Å²) in [5.74, 6) is 0.925. The highest BCUT2D eigenvalue weighted by Crippen LogP contribution is 2.24. The fourth-order valence-electron chi connectivity index (χ4n) is 3.00. The maximum atomic E-state index is 12.6. The molecule has 0 bridgehead atoms. The molecule has 0 spiro atoms. The number of ether oxygens (including phenoxy) is 2. The Balaban J connectivity index is 1.44. The van der Waals surface area contributed by atoms with Crippen molar-refractivity contribution in [3.63, 3.8) is 0 Å². The van der Waals surface area contributed by atoms with Crippen molar-refractivity contribution in [3.8, 4) is 11.5 Å². The van der Waals surface area contributed by atoms with E-state index in [1.807, 2.05) is 35.2 Å². The van der Waals surface area contributed by atoms with Gasteiger partial charge in [0.2, 0.25) is 5.82 Å². The lowest BCUT2D eigenvalue weighted by atomic mass is 10.2. The summed E-state index contributed by atoms with van der Waals surface area (Å²) in [6.07, 6.45) is -0.375. The molecule has 0 N–H and O–H groups in total. The second kappa shape index (κ2) is 7.20. The van der Waals surface area contributed by atoms with Crippen molar-refractivity contribution in [2.24, 2.45) is 0 Å². The van der Waals surface area contributed by atoms with Crippen LogP contribution in [0.15, 0.2) is 34.9 Å². The van der Waals surface area contributed by atoms with Crippen LogP contribution in [0, 0.1) is 0 Å². The average molecular weight is 344 g/mol. The van der Waals surface area contributed by atoms with Crippen LogP contribution in [0.25, 0.3) is 11.5 Å². The van der Waals surface area contributed by atoms with Crippen LogP contribution in [0.4, 0.5) is 4.79 Å². The lowest BCUT2D eigenvalue weighted by molar-refractivity contribution is -0.0310. The highest BCUT2D eigenvalue weighted by molar-refractivity contribution is 5.74. The van der Waals surface area contributed by atoms with E-state index < -0.39 is 0 Å². The van der Waals surface area contributed by atoms with E-state index in [0.717, 1.165) is 5.56 Å². The minimum absolute atomic E-state index is 0.0170. The van der Waals surface area contributed by atoms with Gasteiger partial charge in [0, 0.05) is 25.2 Å². The second-order valence-corrected chi connectivity index (χ2v) is 6.01. The molecule has 4 rings (SSSR count). The maximum absolute atomic E-state index is 12.6. The van der Waals surface area contributed by atoms with Crippen molar-refractivity contribution < 1.29 is 18.8 Å². The van der Waals surface area contributed by atoms with E-state index in [1.54, 1.807) is 4.90 Å². The maximum Gasteiger partial charge on any atom is 0.320 e. The Morgan fingerprint density at radius 3 is 2.60 bits per heavy atom. The monoisotopic (exact) mass is 344 g/mol. The third-order valence-electron chi connectivity index (χ3n) is 4.37. The number of benzene rings is 1. The molecule has 132 valence electrons. The molecule has 2 aromatic rings. The summed E-state index contributed by atoms with van der Waals surface area (Å²) in [5.41, 5.74) is 0.860. The number of rotatable bonds is 2.